The van der Waals surface area contributed by atoms with Crippen LogP contribution in [-0.2, 0) is 9.59 Å². The molecule has 10 nitrogen and oxygen atoms in total. The number of nitrogens with one attached hydrogen (secondary N) is 1. The first-order valence-corrected chi connectivity index (χ1v) is 9.96. The van der Waals surface area contributed by atoms with Crippen molar-refractivity contribution in [3.63, 3.8) is 0 Å². The van der Waals surface area contributed by atoms with Gasteiger partial charge in [-0.3, -0.25) is 9.59 Å². The van der Waals surface area contributed by atoms with Crippen LogP contribution < -0.4 is 16.8 Å². The smallest absolute Gasteiger partial charge is 0.326 e. The van der Waals surface area contributed by atoms with E-state index < -0.39 is 23.9 Å². The van der Waals surface area contributed by atoms with Gasteiger partial charge in [0.25, 0.3) is 5.91 Å². The van der Waals surface area contributed by atoms with E-state index in [1.54, 1.807) is 18.2 Å². The number of nitrogens with zero attached hydrogens (tertiary/aromatic N) is 2. The molecule has 0 aliphatic carbocycles. The summed E-state index contributed by atoms with van der Waals surface area (Å²) in [4.78, 5) is 34.1. The minimum absolute atomic E-state index is 0.209. The highest BCUT2D eigenvalue weighted by Crippen LogP contribution is 2.38. The molecule has 0 saturated carbocycles. The van der Waals surface area contributed by atoms with Crippen molar-refractivity contribution in [2.24, 2.45) is 10.2 Å². The highest BCUT2D eigenvalue weighted by Gasteiger charge is 2.21. The number of fused-ring (bicyclic) bond motifs is 1. The standard InChI is InChI=1S/C20H19N5O5S/c21-11-7-13(22)18-15(9-31-16(18)8-11)25-24-12-3-1-10(2-4-12)19(28)23-14(20(29)30)5-6-17(26)27/h1-4,7-9,14H,5-6,21-22H2,(H,23,28)(H,26,27)(H,29,30)/t14-/m0/s1. The first kappa shape index (κ1) is 21.7. The number of carbonyl (C=O) groups excluding carboxylic acids is 1. The van der Waals surface area contributed by atoms with Crippen LogP contribution in [0.2, 0.25) is 0 Å². The van der Waals surface area contributed by atoms with Crippen LogP contribution in [0.1, 0.15) is 23.2 Å². The molecule has 2 aromatic carbocycles. The van der Waals surface area contributed by atoms with Gasteiger partial charge in [-0.25, -0.2) is 4.79 Å². The Labute approximate surface area is 180 Å². The summed E-state index contributed by atoms with van der Waals surface area (Å²) < 4.78 is 0.898. The minimum atomic E-state index is -1.30. The van der Waals surface area contributed by atoms with Gasteiger partial charge in [0.15, 0.2) is 0 Å². The summed E-state index contributed by atoms with van der Waals surface area (Å²) in [7, 11) is 0. The Morgan fingerprint density at radius 3 is 2.42 bits per heavy atom. The molecular weight excluding hydrogens is 422 g/mol. The van der Waals surface area contributed by atoms with Crippen molar-refractivity contribution in [1.29, 1.82) is 0 Å². The zero-order chi connectivity index (χ0) is 22.5. The Bertz CT molecular complexity index is 1170. The van der Waals surface area contributed by atoms with E-state index in [-0.39, 0.29) is 18.4 Å². The average Bonchev–Trinajstić information content (AvgIpc) is 3.12. The van der Waals surface area contributed by atoms with Gasteiger partial charge in [-0.15, -0.1) is 16.5 Å². The molecule has 3 aromatic rings. The number of hydrogen-bond acceptors (Lipinski definition) is 8. The van der Waals surface area contributed by atoms with Gasteiger partial charge < -0.3 is 27.0 Å². The molecule has 0 spiro atoms. The van der Waals surface area contributed by atoms with Crippen molar-refractivity contribution in [2.75, 3.05) is 11.5 Å². The molecule has 0 aliphatic rings. The lowest BCUT2D eigenvalue weighted by Crippen LogP contribution is -2.41. The quantitative estimate of drug-likeness (QED) is 0.262. The predicted octanol–water partition coefficient (Wildman–Crippen LogP) is 3.53. The maximum absolute atomic E-state index is 12.3. The van der Waals surface area contributed by atoms with Gasteiger partial charge in [0.05, 0.1) is 5.69 Å². The third-order valence-electron chi connectivity index (χ3n) is 4.36. The van der Waals surface area contributed by atoms with Gasteiger partial charge in [-0.2, -0.15) is 5.11 Å². The number of thiophene rings is 1. The number of nitrogens with two attached hydrogens (primary N) is 2. The number of hydrogen-bond donors (Lipinski definition) is 5. The molecule has 0 aliphatic heterocycles. The van der Waals surface area contributed by atoms with Crippen LogP contribution >= 0.6 is 11.3 Å². The molecular formula is C20H19N5O5S. The number of anilines is 2. The SMILES string of the molecule is Nc1cc(N)c2c(N=Nc3ccc(C(=O)N[C@@H](CCC(=O)O)C(=O)O)cc3)csc2c1. The largest absolute Gasteiger partial charge is 0.481 e. The van der Waals surface area contributed by atoms with E-state index >= 15 is 0 Å². The molecule has 0 unspecified atom stereocenters. The molecule has 1 atom stereocenters. The topological polar surface area (TPSA) is 180 Å². The molecule has 7 N–H and O–H groups in total. The Morgan fingerprint density at radius 2 is 1.77 bits per heavy atom. The molecule has 1 aromatic heterocycles. The number of carboxylic acids is 2. The van der Waals surface area contributed by atoms with Crippen molar-refractivity contribution >= 4 is 62.0 Å². The Kier molecular flexibility index (Phi) is 6.46. The van der Waals surface area contributed by atoms with Gasteiger partial charge in [-0.1, -0.05) is 0 Å². The molecule has 0 saturated heterocycles. The number of nitrogen functional groups attached to an aromatic ring is 2. The van der Waals surface area contributed by atoms with Crippen LogP contribution in [0.15, 0.2) is 52.0 Å². The van der Waals surface area contributed by atoms with E-state index in [0.29, 0.717) is 22.7 Å². The van der Waals surface area contributed by atoms with E-state index in [1.807, 2.05) is 11.4 Å². The molecule has 31 heavy (non-hydrogen) atoms. The zero-order valence-corrected chi connectivity index (χ0v) is 16.9. The van der Waals surface area contributed by atoms with Crippen LogP contribution in [0.4, 0.5) is 22.7 Å². The second-order valence-electron chi connectivity index (χ2n) is 6.65. The zero-order valence-electron chi connectivity index (χ0n) is 16.1. The predicted molar refractivity (Wildman–Crippen MR) is 117 cm³/mol. The van der Waals surface area contributed by atoms with Crippen molar-refractivity contribution in [3.05, 3.63) is 47.3 Å². The molecule has 0 bridgehead atoms. The number of carboxylic acid groups (broad SMARTS) is 2. The van der Waals surface area contributed by atoms with Gasteiger partial charge >= 0.3 is 11.9 Å². The van der Waals surface area contributed by atoms with E-state index in [4.69, 9.17) is 21.7 Å². The molecule has 1 heterocycles. The lowest BCUT2D eigenvalue weighted by atomic mass is 10.1. The summed E-state index contributed by atoms with van der Waals surface area (Å²) in [5.74, 6) is -3.07. The fourth-order valence-corrected chi connectivity index (χ4v) is 3.78. The average molecular weight is 441 g/mol. The number of amides is 1. The summed E-state index contributed by atoms with van der Waals surface area (Å²) in [6, 6.07) is 8.23. The fourth-order valence-electron chi connectivity index (χ4n) is 2.84. The van der Waals surface area contributed by atoms with E-state index in [2.05, 4.69) is 15.5 Å². The second kappa shape index (κ2) is 9.22. The third-order valence-corrected chi connectivity index (χ3v) is 5.28. The molecule has 0 radical (unpaired) electrons. The van der Waals surface area contributed by atoms with Gasteiger partial charge in [-0.05, 0) is 42.8 Å². The van der Waals surface area contributed by atoms with Gasteiger partial charge in [0.2, 0.25) is 0 Å². The van der Waals surface area contributed by atoms with E-state index in [1.165, 1.54) is 23.5 Å². The van der Waals surface area contributed by atoms with Crippen LogP contribution in [-0.4, -0.2) is 34.1 Å². The number of aliphatic carboxylic acids is 2. The lowest BCUT2D eigenvalue weighted by molar-refractivity contribution is -0.140. The Balaban J connectivity index is 1.71. The molecule has 0 fully saturated rings. The van der Waals surface area contributed by atoms with Gasteiger partial charge in [0.1, 0.15) is 11.7 Å². The molecule has 3 rings (SSSR count). The van der Waals surface area contributed by atoms with Crippen molar-refractivity contribution in [2.45, 2.75) is 18.9 Å². The molecule has 11 heteroatoms. The monoisotopic (exact) mass is 441 g/mol. The second-order valence-corrected chi connectivity index (χ2v) is 7.56. The van der Waals surface area contributed by atoms with Crippen molar-refractivity contribution in [3.8, 4) is 0 Å². The number of carbonyl (C=O) groups is 3. The number of azo groups is 1. The summed E-state index contributed by atoms with van der Waals surface area (Å²) in [6.07, 6.45) is -0.586. The van der Waals surface area contributed by atoms with Crippen LogP contribution in [0, 0.1) is 0 Å². The maximum Gasteiger partial charge on any atom is 0.326 e. The lowest BCUT2D eigenvalue weighted by Gasteiger charge is -2.13. The third kappa shape index (κ3) is 5.34. The van der Waals surface area contributed by atoms with E-state index in [0.717, 1.165) is 10.1 Å². The van der Waals surface area contributed by atoms with Crippen LogP contribution in [0.25, 0.3) is 10.1 Å². The minimum Gasteiger partial charge on any atom is -0.481 e. The van der Waals surface area contributed by atoms with Crippen molar-refractivity contribution in [1.82, 2.24) is 5.32 Å². The highest BCUT2D eigenvalue weighted by atomic mass is 32.1. The van der Waals surface area contributed by atoms with Crippen molar-refractivity contribution < 1.29 is 24.6 Å². The first-order valence-electron chi connectivity index (χ1n) is 9.08. The Hall–Kier alpha value is -3.99. The maximum atomic E-state index is 12.3. The molecule has 1 amide bonds. The number of rotatable bonds is 8. The summed E-state index contributed by atoms with van der Waals surface area (Å²) in [5, 5.41) is 31.1. The molecule has 160 valence electrons. The van der Waals surface area contributed by atoms with Gasteiger partial charge in [0, 0.05) is 38.8 Å². The van der Waals surface area contributed by atoms with Crippen LogP contribution in [0.5, 0.6) is 0 Å². The van der Waals surface area contributed by atoms with Crippen LogP contribution in [0.3, 0.4) is 0 Å². The van der Waals surface area contributed by atoms with E-state index in [9.17, 15) is 14.4 Å². The summed E-state index contributed by atoms with van der Waals surface area (Å²) >= 11 is 1.45. The Morgan fingerprint density at radius 1 is 1.06 bits per heavy atom. The number of benzene rings is 2. The highest BCUT2D eigenvalue weighted by molar-refractivity contribution is 7.18. The summed E-state index contributed by atoms with van der Waals surface area (Å²) in [6.45, 7) is 0. The first-order chi connectivity index (χ1) is 14.7. The fraction of sp³-hybridized carbons (Fsp3) is 0.150. The normalized spacial score (nSPS) is 12.1. The summed E-state index contributed by atoms with van der Waals surface area (Å²) in [5.41, 5.74) is 14.2.